The van der Waals surface area contributed by atoms with Crippen LogP contribution in [-0.4, -0.2) is 29.7 Å². The lowest BCUT2D eigenvalue weighted by atomic mass is 10.5. The van der Waals surface area contributed by atoms with E-state index < -0.39 is 0 Å². The van der Waals surface area contributed by atoms with Gasteiger partial charge in [0.25, 0.3) is 0 Å². The van der Waals surface area contributed by atoms with E-state index in [9.17, 15) is 4.79 Å². The molecule has 3 nitrogen and oxygen atoms in total. The van der Waals surface area contributed by atoms with Crippen molar-refractivity contribution in [2.24, 2.45) is 0 Å². The molecule has 0 spiro atoms. The van der Waals surface area contributed by atoms with Gasteiger partial charge in [0.15, 0.2) is 0 Å². The highest BCUT2D eigenvalue weighted by Crippen LogP contribution is 2.08. The Balaban J connectivity index is 1.96. The average Bonchev–Trinajstić information content (AvgIpc) is 2.65. The van der Waals surface area contributed by atoms with Crippen LogP contribution in [0.15, 0.2) is 0 Å². The first-order valence-electron chi connectivity index (χ1n) is 2.66. The molecule has 1 atom stereocenters. The minimum atomic E-state index is -0.161. The van der Waals surface area contributed by atoms with Gasteiger partial charge in [0.1, 0.15) is 12.7 Å². The highest BCUT2D eigenvalue weighted by atomic mass is 127. The molecule has 0 saturated carbocycles. The third kappa shape index (κ3) is 3.00. The summed E-state index contributed by atoms with van der Waals surface area (Å²) >= 11 is 1.97. The number of hydrogen-bond donors (Lipinski definition) is 0. The number of carbonyl (C=O) groups excluding carboxylic acids is 1. The van der Waals surface area contributed by atoms with E-state index in [1.807, 2.05) is 22.6 Å². The number of carbonyl (C=O) groups is 1. The van der Waals surface area contributed by atoms with Crippen molar-refractivity contribution in [1.29, 1.82) is 0 Å². The van der Waals surface area contributed by atoms with Gasteiger partial charge in [0.05, 0.1) is 11.0 Å². The van der Waals surface area contributed by atoms with Crippen LogP contribution in [-0.2, 0) is 14.3 Å². The van der Waals surface area contributed by atoms with Gasteiger partial charge < -0.3 is 9.47 Å². The smallest absolute Gasteiger partial charge is 0.315 e. The van der Waals surface area contributed by atoms with Crippen molar-refractivity contribution in [3.05, 3.63) is 0 Å². The van der Waals surface area contributed by atoms with Gasteiger partial charge >= 0.3 is 5.97 Å². The molecule has 1 aliphatic rings. The van der Waals surface area contributed by atoms with E-state index >= 15 is 0 Å². The fourth-order valence-electron chi connectivity index (χ4n) is 0.389. The van der Waals surface area contributed by atoms with Gasteiger partial charge in [0.2, 0.25) is 0 Å². The van der Waals surface area contributed by atoms with Crippen LogP contribution in [0, 0.1) is 0 Å². The van der Waals surface area contributed by atoms with Gasteiger partial charge in [-0.05, 0) is 0 Å². The van der Waals surface area contributed by atoms with E-state index in [0.717, 1.165) is 6.61 Å². The number of alkyl halides is 1. The van der Waals surface area contributed by atoms with Crippen molar-refractivity contribution in [1.82, 2.24) is 0 Å². The van der Waals surface area contributed by atoms with E-state index in [2.05, 4.69) is 0 Å². The van der Waals surface area contributed by atoms with Gasteiger partial charge in [0, 0.05) is 0 Å². The Morgan fingerprint density at radius 2 is 2.56 bits per heavy atom. The van der Waals surface area contributed by atoms with Gasteiger partial charge in [-0.3, -0.25) is 4.79 Å². The second kappa shape index (κ2) is 3.36. The van der Waals surface area contributed by atoms with Crippen LogP contribution in [0.1, 0.15) is 0 Å². The Hall–Kier alpha value is 0.160. The zero-order chi connectivity index (χ0) is 6.69. The van der Waals surface area contributed by atoms with Crippen LogP contribution in [0.3, 0.4) is 0 Å². The van der Waals surface area contributed by atoms with Gasteiger partial charge in [-0.15, -0.1) is 0 Å². The summed E-state index contributed by atoms with van der Waals surface area (Å²) in [7, 11) is 0. The number of halogens is 1. The van der Waals surface area contributed by atoms with Gasteiger partial charge in [-0.2, -0.15) is 0 Å². The minimum Gasteiger partial charge on any atom is -0.462 e. The zero-order valence-corrected chi connectivity index (χ0v) is 6.96. The van der Waals surface area contributed by atoms with Crippen LogP contribution < -0.4 is 0 Å². The third-order valence-corrected chi connectivity index (χ3v) is 1.56. The predicted octanol–water partition coefficient (Wildman–Crippen LogP) is 0.363. The van der Waals surface area contributed by atoms with Crippen molar-refractivity contribution >= 4 is 28.6 Å². The van der Waals surface area contributed by atoms with Crippen LogP contribution in [0.4, 0.5) is 0 Å². The van der Waals surface area contributed by atoms with Crippen molar-refractivity contribution in [3.8, 4) is 0 Å². The van der Waals surface area contributed by atoms with Gasteiger partial charge in [-0.1, -0.05) is 22.6 Å². The molecular weight excluding hydrogens is 235 g/mol. The molecule has 0 aliphatic carbocycles. The van der Waals surface area contributed by atoms with E-state index in [4.69, 9.17) is 9.47 Å². The zero-order valence-electron chi connectivity index (χ0n) is 4.80. The maximum absolute atomic E-state index is 10.5. The van der Waals surface area contributed by atoms with E-state index in [-0.39, 0.29) is 12.1 Å². The first-order chi connectivity index (χ1) is 4.33. The van der Waals surface area contributed by atoms with Crippen molar-refractivity contribution in [2.75, 3.05) is 17.6 Å². The van der Waals surface area contributed by atoms with Gasteiger partial charge in [-0.25, -0.2) is 0 Å². The molecule has 0 bridgehead atoms. The average molecular weight is 242 g/mol. The molecule has 0 N–H and O–H groups in total. The second-order valence-corrected chi connectivity index (χ2v) is 2.53. The summed E-state index contributed by atoms with van der Waals surface area (Å²) in [5.74, 6) is -0.161. The molecule has 0 radical (unpaired) electrons. The monoisotopic (exact) mass is 242 g/mol. The Labute approximate surface area is 66.8 Å². The summed E-state index contributed by atoms with van der Waals surface area (Å²) < 4.78 is 9.99. The predicted molar refractivity (Wildman–Crippen MR) is 39.6 cm³/mol. The molecular formula is C5H7IO3. The molecule has 1 fully saturated rings. The largest absolute Gasteiger partial charge is 0.462 e. The summed E-state index contributed by atoms with van der Waals surface area (Å²) in [6, 6.07) is 0. The Morgan fingerprint density at radius 1 is 1.89 bits per heavy atom. The Bertz CT molecular complexity index is 111. The molecule has 0 aromatic carbocycles. The molecule has 1 rings (SSSR count). The maximum Gasteiger partial charge on any atom is 0.315 e. The lowest BCUT2D eigenvalue weighted by Crippen LogP contribution is -2.09. The number of esters is 1. The van der Waals surface area contributed by atoms with Crippen molar-refractivity contribution in [3.63, 3.8) is 0 Å². The fraction of sp³-hybridized carbons (Fsp3) is 0.800. The molecule has 52 valence electrons. The number of ether oxygens (including phenoxy) is 2. The molecule has 0 amide bonds. The van der Waals surface area contributed by atoms with Crippen molar-refractivity contribution in [2.45, 2.75) is 6.10 Å². The summed E-state index contributed by atoms with van der Waals surface area (Å²) in [5, 5.41) is 0. The first-order valence-corrected chi connectivity index (χ1v) is 4.18. The molecule has 9 heavy (non-hydrogen) atoms. The van der Waals surface area contributed by atoms with Crippen molar-refractivity contribution < 1.29 is 14.3 Å². The van der Waals surface area contributed by atoms with E-state index in [1.54, 1.807) is 0 Å². The Kier molecular flexibility index (Phi) is 2.71. The topological polar surface area (TPSA) is 38.8 Å². The standard InChI is InChI=1S/C5H7IO3/c6-1-5(7)9-3-4-2-8-4/h4H,1-3H2. The highest BCUT2D eigenvalue weighted by molar-refractivity contribution is 14.1. The van der Waals surface area contributed by atoms with E-state index in [1.165, 1.54) is 0 Å². The van der Waals surface area contributed by atoms with Crippen LogP contribution >= 0.6 is 22.6 Å². The first kappa shape index (κ1) is 7.27. The third-order valence-electron chi connectivity index (χ3n) is 0.942. The summed E-state index contributed by atoms with van der Waals surface area (Å²) in [4.78, 5) is 10.5. The van der Waals surface area contributed by atoms with E-state index in [0.29, 0.717) is 11.0 Å². The summed E-state index contributed by atoms with van der Waals surface area (Å²) in [6.45, 7) is 1.18. The highest BCUT2D eigenvalue weighted by Gasteiger charge is 2.23. The molecule has 0 aromatic rings. The summed E-state index contributed by atoms with van der Waals surface area (Å²) in [6.07, 6.45) is 0.192. The number of epoxide rings is 1. The molecule has 1 aliphatic heterocycles. The lowest BCUT2D eigenvalue weighted by molar-refractivity contribution is -0.140. The lowest BCUT2D eigenvalue weighted by Gasteiger charge is -1.96. The fourth-order valence-corrected chi connectivity index (χ4v) is 0.609. The molecule has 4 heteroatoms. The van der Waals surface area contributed by atoms with Crippen LogP contribution in [0.5, 0.6) is 0 Å². The van der Waals surface area contributed by atoms with Crippen LogP contribution in [0.2, 0.25) is 0 Å². The minimum absolute atomic E-state index is 0.161. The SMILES string of the molecule is O=C(CI)OCC1CO1. The molecule has 0 aromatic heterocycles. The molecule has 1 saturated heterocycles. The Morgan fingerprint density at radius 3 is 3.00 bits per heavy atom. The number of hydrogen-bond acceptors (Lipinski definition) is 3. The molecule has 1 heterocycles. The molecule has 1 unspecified atom stereocenters. The number of rotatable bonds is 3. The summed E-state index contributed by atoms with van der Waals surface area (Å²) in [5.41, 5.74) is 0. The quantitative estimate of drug-likeness (QED) is 0.310. The second-order valence-electron chi connectivity index (χ2n) is 1.77. The maximum atomic E-state index is 10.5. The normalized spacial score (nSPS) is 23.4. The van der Waals surface area contributed by atoms with Crippen LogP contribution in [0.25, 0.3) is 0 Å².